The van der Waals surface area contributed by atoms with Crippen LogP contribution in [0.2, 0.25) is 18.1 Å². The highest BCUT2D eigenvalue weighted by atomic mass is 32.2. The van der Waals surface area contributed by atoms with Gasteiger partial charge in [0.25, 0.3) is 0 Å². The van der Waals surface area contributed by atoms with Crippen molar-refractivity contribution in [3.05, 3.63) is 40.6 Å². The average molecular weight is 635 g/mol. The van der Waals surface area contributed by atoms with Crippen molar-refractivity contribution < 1.29 is 26.8 Å². The van der Waals surface area contributed by atoms with Gasteiger partial charge < -0.3 is 13.7 Å². The molecule has 0 radical (unpaired) electrons. The van der Waals surface area contributed by atoms with E-state index in [0.717, 1.165) is 16.6 Å². The summed E-state index contributed by atoms with van der Waals surface area (Å²) in [5.74, 6) is -1.06. The zero-order chi connectivity index (χ0) is 31.9. The molecule has 0 spiro atoms. The van der Waals surface area contributed by atoms with E-state index in [0.29, 0.717) is 53.9 Å². The molecule has 9 nitrogen and oxygen atoms in total. The van der Waals surface area contributed by atoms with Gasteiger partial charge in [0, 0.05) is 49.5 Å². The van der Waals surface area contributed by atoms with Crippen LogP contribution in [0.1, 0.15) is 74.9 Å². The Hall–Kier alpha value is -2.54. The van der Waals surface area contributed by atoms with E-state index in [1.807, 2.05) is 6.92 Å². The summed E-state index contributed by atoms with van der Waals surface area (Å²) in [7, 11) is -2.27. The van der Waals surface area contributed by atoms with Crippen molar-refractivity contribution in [1.29, 1.82) is 0 Å². The molecule has 0 N–H and O–H groups in total. The largest absolute Gasteiger partial charge is 0.461 e. The third-order valence-corrected chi connectivity index (χ3v) is 15.5. The number of carbonyl (C=O) groups excluding carboxylic acids is 1. The molecule has 0 fully saturated rings. The quantitative estimate of drug-likeness (QED) is 0.170. The number of carbonyl (C=O) groups is 1. The average Bonchev–Trinajstić information content (AvgIpc) is 3.38. The molecular weight excluding hydrogens is 588 g/mol. The molecule has 43 heavy (non-hydrogen) atoms. The number of aromatic nitrogens is 3. The van der Waals surface area contributed by atoms with E-state index in [1.54, 1.807) is 29.3 Å². The first-order chi connectivity index (χ1) is 20.1. The second kappa shape index (κ2) is 12.5. The Bertz CT molecular complexity index is 1620. The van der Waals surface area contributed by atoms with Crippen molar-refractivity contribution in [2.45, 2.75) is 91.5 Å². The van der Waals surface area contributed by atoms with Crippen molar-refractivity contribution in [3.63, 3.8) is 0 Å². The van der Waals surface area contributed by atoms with Crippen molar-refractivity contribution >= 4 is 35.2 Å². The predicted octanol–water partition coefficient (Wildman–Crippen LogP) is 6.04. The number of ether oxygens (including phenoxy) is 1. The van der Waals surface area contributed by atoms with Crippen LogP contribution in [-0.2, 0) is 52.2 Å². The first-order valence-corrected chi connectivity index (χ1v) is 19.7. The second-order valence-corrected chi connectivity index (χ2v) is 19.9. The van der Waals surface area contributed by atoms with Gasteiger partial charge in [0.15, 0.2) is 8.32 Å². The van der Waals surface area contributed by atoms with Gasteiger partial charge in [-0.05, 0) is 68.4 Å². The molecule has 1 aliphatic heterocycles. The predicted molar refractivity (Wildman–Crippen MR) is 171 cm³/mol. The highest BCUT2D eigenvalue weighted by molar-refractivity contribution is 7.89. The van der Waals surface area contributed by atoms with Gasteiger partial charge in [0.05, 0.1) is 30.1 Å². The lowest BCUT2D eigenvalue weighted by atomic mass is 9.96. The van der Waals surface area contributed by atoms with Crippen LogP contribution in [0.5, 0.6) is 0 Å². The molecule has 238 valence electrons. The van der Waals surface area contributed by atoms with Crippen LogP contribution in [-0.4, -0.2) is 67.4 Å². The Kier molecular flexibility index (Phi) is 9.66. The monoisotopic (exact) mass is 634 g/mol. The Labute approximate surface area is 256 Å². The highest BCUT2D eigenvalue weighted by Gasteiger charge is 2.37. The summed E-state index contributed by atoms with van der Waals surface area (Å²) in [6.07, 6.45) is 2.01. The molecule has 0 saturated carbocycles. The lowest BCUT2D eigenvalue weighted by molar-refractivity contribution is 0.0512. The van der Waals surface area contributed by atoms with Gasteiger partial charge in [-0.3, -0.25) is 4.68 Å². The number of hydrogen-bond donors (Lipinski definition) is 0. The van der Waals surface area contributed by atoms with Crippen LogP contribution >= 0.6 is 0 Å². The minimum atomic E-state index is -3.63. The lowest BCUT2D eigenvalue weighted by Crippen LogP contribution is -2.41. The summed E-state index contributed by atoms with van der Waals surface area (Å²) < 4.78 is 59.4. The molecule has 0 atom stereocenters. The maximum atomic E-state index is 16.2. The number of sulfonamides is 1. The summed E-state index contributed by atoms with van der Waals surface area (Å²) >= 11 is 0. The molecule has 1 aliphatic rings. The third kappa shape index (κ3) is 6.34. The molecule has 1 aromatic carbocycles. The number of benzene rings is 1. The van der Waals surface area contributed by atoms with Crippen LogP contribution in [0.15, 0.2) is 12.1 Å². The number of fused-ring (bicyclic) bond motifs is 2. The first kappa shape index (κ1) is 33.4. The van der Waals surface area contributed by atoms with E-state index in [-0.39, 0.29) is 36.9 Å². The number of aryl methyl sites for hydroxylation is 3. The lowest BCUT2D eigenvalue weighted by Gasteiger charge is -2.36. The fourth-order valence-electron chi connectivity index (χ4n) is 5.73. The summed E-state index contributed by atoms with van der Waals surface area (Å²) in [6.45, 7) is 15.7. The molecule has 3 heterocycles. The zero-order valence-electron chi connectivity index (χ0n) is 27.1. The van der Waals surface area contributed by atoms with Crippen LogP contribution in [0, 0.1) is 5.82 Å². The van der Waals surface area contributed by atoms with Gasteiger partial charge in [-0.25, -0.2) is 17.6 Å². The fourth-order valence-corrected chi connectivity index (χ4v) is 7.94. The molecule has 12 heteroatoms. The van der Waals surface area contributed by atoms with Gasteiger partial charge in [-0.15, -0.1) is 0 Å². The van der Waals surface area contributed by atoms with Crippen LogP contribution in [0.3, 0.4) is 0 Å². The van der Waals surface area contributed by atoms with E-state index in [2.05, 4.69) is 39.0 Å². The molecule has 0 bridgehead atoms. The zero-order valence-corrected chi connectivity index (χ0v) is 29.0. The first-order valence-electron chi connectivity index (χ1n) is 15.2. The number of halogens is 1. The van der Waals surface area contributed by atoms with Gasteiger partial charge in [-0.1, -0.05) is 27.7 Å². The normalized spacial score (nSPS) is 16.2. The van der Waals surface area contributed by atoms with E-state index < -0.39 is 30.1 Å². The number of nitrogens with zero attached hydrogens (tertiary/aromatic N) is 4. The Morgan fingerprint density at radius 2 is 1.84 bits per heavy atom. The van der Waals surface area contributed by atoms with E-state index >= 15 is 4.39 Å². The van der Waals surface area contributed by atoms with Gasteiger partial charge >= 0.3 is 5.97 Å². The molecule has 4 rings (SSSR count). The molecule has 0 aliphatic carbocycles. The number of hydrogen-bond acceptors (Lipinski definition) is 6. The minimum absolute atomic E-state index is 0.0183. The maximum absolute atomic E-state index is 16.2. The topological polar surface area (TPSA) is 95.7 Å². The molecule has 2 aromatic heterocycles. The van der Waals surface area contributed by atoms with E-state index in [9.17, 15) is 13.2 Å². The van der Waals surface area contributed by atoms with Crippen molar-refractivity contribution in [2.24, 2.45) is 7.05 Å². The molecule has 0 saturated heterocycles. The van der Waals surface area contributed by atoms with Crippen LogP contribution < -0.4 is 0 Å². The van der Waals surface area contributed by atoms with Crippen LogP contribution in [0.4, 0.5) is 4.39 Å². The van der Waals surface area contributed by atoms with Crippen molar-refractivity contribution in [1.82, 2.24) is 18.7 Å². The van der Waals surface area contributed by atoms with Crippen LogP contribution in [0.25, 0.3) is 22.0 Å². The molecule has 3 aromatic rings. The van der Waals surface area contributed by atoms with Crippen molar-refractivity contribution in [3.8, 4) is 11.1 Å². The molecule has 0 amide bonds. The van der Waals surface area contributed by atoms with Gasteiger partial charge in [0.1, 0.15) is 11.5 Å². The Morgan fingerprint density at radius 3 is 2.47 bits per heavy atom. The Morgan fingerprint density at radius 1 is 1.14 bits per heavy atom. The highest BCUT2D eigenvalue weighted by Crippen LogP contribution is 2.41. The van der Waals surface area contributed by atoms with E-state index in [1.165, 1.54) is 17.4 Å². The molecular formula is C31H47FN4O5SSi. The smallest absolute Gasteiger partial charge is 0.355 e. The van der Waals surface area contributed by atoms with E-state index in [4.69, 9.17) is 9.16 Å². The third-order valence-electron chi connectivity index (χ3n) is 9.04. The fraction of sp³-hybridized carbons (Fsp3) is 0.613. The maximum Gasteiger partial charge on any atom is 0.355 e. The summed E-state index contributed by atoms with van der Waals surface area (Å²) in [5, 5.41) is 5.51. The SMILES string of the molecule is CCOC(=O)c1c(CCCO[Si](C)(C)C(C)(C)C)c2ccc(F)c3c2n1CCCS(=O)(=O)N(C)Cc1nn(C)c(CC)c1-3. The summed E-state index contributed by atoms with van der Waals surface area (Å²) in [5.41, 5.74) is 3.90. The summed E-state index contributed by atoms with van der Waals surface area (Å²) in [6, 6.07) is 3.19. The Balaban J connectivity index is 1.98. The molecule has 0 unspecified atom stereocenters. The number of rotatable bonds is 8. The van der Waals surface area contributed by atoms with Gasteiger partial charge in [-0.2, -0.15) is 9.40 Å². The minimum Gasteiger partial charge on any atom is -0.461 e. The summed E-state index contributed by atoms with van der Waals surface area (Å²) in [4.78, 5) is 13.6. The number of esters is 1. The van der Waals surface area contributed by atoms with Gasteiger partial charge in [0.2, 0.25) is 10.0 Å². The second-order valence-electron chi connectivity index (χ2n) is 12.9. The van der Waals surface area contributed by atoms with Crippen molar-refractivity contribution in [2.75, 3.05) is 26.0 Å². The standard InChI is InChI=1S/C31H47FN4O5SSi/c1-10-25-27-24(33-35(25)7)20-34(6)42(38,39)19-13-17-36-28-22(15-16-23(32)26(27)28)21(29(36)30(37)40-11-2)14-12-18-41-43(8,9)31(3,4)5/h15-16H,10-14,17-20H2,1-9H3.